The fourth-order valence-corrected chi connectivity index (χ4v) is 4.11. The Morgan fingerprint density at radius 2 is 2.22 bits per heavy atom. The molecule has 0 saturated carbocycles. The third-order valence-corrected chi connectivity index (χ3v) is 5.03. The molecule has 0 unspecified atom stereocenters. The number of anilines is 1. The number of hydrogen-bond donors (Lipinski definition) is 0. The quantitative estimate of drug-likeness (QED) is 0.704. The molecule has 1 aromatic rings. The van der Waals surface area contributed by atoms with E-state index in [9.17, 15) is 4.79 Å². The van der Waals surface area contributed by atoms with Gasteiger partial charge in [-0.05, 0) is 12.1 Å². The van der Waals surface area contributed by atoms with Gasteiger partial charge in [0.15, 0.2) is 10.9 Å². The normalized spacial score (nSPS) is 18.5. The van der Waals surface area contributed by atoms with Crippen molar-refractivity contribution >= 4 is 62.8 Å². The van der Waals surface area contributed by atoms with Gasteiger partial charge >= 0.3 is 0 Å². The van der Waals surface area contributed by atoms with Crippen LogP contribution in [0.5, 0.6) is 5.75 Å². The van der Waals surface area contributed by atoms with Crippen LogP contribution in [0.1, 0.15) is 12.5 Å². The maximum Gasteiger partial charge on any atom is 0.224 e. The topological polar surface area (TPSA) is 45.1 Å². The summed E-state index contributed by atoms with van der Waals surface area (Å²) in [4.78, 5) is 20.2. The first-order valence-electron chi connectivity index (χ1n) is 7.09. The Kier molecular flexibility index (Phi) is 4.62. The first-order valence-corrected chi connectivity index (χ1v) is 8.34. The molecule has 8 heteroatoms. The second-order valence-corrected chi connectivity index (χ2v) is 6.53. The summed E-state index contributed by atoms with van der Waals surface area (Å²) in [5, 5.41) is 3.68. The number of halogens is 2. The molecule has 0 bridgehead atoms. The van der Waals surface area contributed by atoms with E-state index in [-0.39, 0.29) is 22.9 Å². The van der Waals surface area contributed by atoms with Gasteiger partial charge in [0.1, 0.15) is 6.61 Å². The van der Waals surface area contributed by atoms with Gasteiger partial charge in [0.2, 0.25) is 5.91 Å². The Balaban J connectivity index is 0.00000156. The molecule has 0 aliphatic carbocycles. The molecule has 0 aromatic heterocycles. The van der Waals surface area contributed by atoms with Crippen molar-refractivity contribution in [3.8, 4) is 5.75 Å². The number of carbonyl (C=O) groups excluding carboxylic acids is 1. The Morgan fingerprint density at radius 3 is 3.00 bits per heavy atom. The van der Waals surface area contributed by atoms with E-state index in [2.05, 4.69) is 15.3 Å². The van der Waals surface area contributed by atoms with Crippen molar-refractivity contribution in [3.63, 3.8) is 0 Å². The van der Waals surface area contributed by atoms with Gasteiger partial charge in [0.05, 0.1) is 24.5 Å². The van der Waals surface area contributed by atoms with Gasteiger partial charge in [-0.3, -0.25) is 9.79 Å². The Bertz CT molecular complexity index is 738. The highest BCUT2D eigenvalue weighted by Crippen LogP contribution is 2.45. The average molecular weight is 417 g/mol. The predicted octanol–water partition coefficient (Wildman–Crippen LogP) is 3.38. The number of carbonyl (C=O) groups is 1. The highest BCUT2D eigenvalue weighted by molar-refractivity contribution is 8.93. The molecule has 3 heterocycles. The van der Waals surface area contributed by atoms with Crippen LogP contribution < -0.4 is 9.64 Å². The van der Waals surface area contributed by atoms with Crippen LogP contribution in [0, 0.1) is 0 Å². The zero-order valence-electron chi connectivity index (χ0n) is 12.4. The van der Waals surface area contributed by atoms with Crippen molar-refractivity contribution in [3.05, 3.63) is 28.1 Å². The lowest BCUT2D eigenvalue weighted by atomic mass is 10.1. The molecule has 3 aliphatic rings. The Labute approximate surface area is 154 Å². The van der Waals surface area contributed by atoms with Crippen molar-refractivity contribution in [2.75, 3.05) is 31.1 Å². The number of fused-ring (bicyclic) bond motifs is 2. The van der Waals surface area contributed by atoms with Crippen molar-refractivity contribution < 1.29 is 9.53 Å². The average Bonchev–Trinajstić information content (AvgIpc) is 3.08. The predicted molar refractivity (Wildman–Crippen MR) is 99.9 cm³/mol. The van der Waals surface area contributed by atoms with Crippen LogP contribution in [0.4, 0.5) is 5.69 Å². The van der Waals surface area contributed by atoms with E-state index in [4.69, 9.17) is 16.3 Å². The summed E-state index contributed by atoms with van der Waals surface area (Å²) in [7, 11) is 0. The van der Waals surface area contributed by atoms with Gasteiger partial charge in [-0.2, -0.15) is 0 Å². The largest absolute Gasteiger partial charge is 0.489 e. The van der Waals surface area contributed by atoms with Crippen LogP contribution >= 0.6 is 40.3 Å². The van der Waals surface area contributed by atoms with Gasteiger partial charge in [-0.1, -0.05) is 23.4 Å². The minimum absolute atomic E-state index is 0. The lowest BCUT2D eigenvalue weighted by Crippen LogP contribution is -2.36. The molecule has 1 aromatic carbocycles. The SMILES string of the molecule is Br.CC(=O)N1CCOc2c(C3=CSC4=NCCN34)cc(Cl)cc21. The van der Waals surface area contributed by atoms with E-state index in [1.54, 1.807) is 29.7 Å². The Hall–Kier alpha value is -1.18. The molecule has 3 aliphatic heterocycles. The smallest absolute Gasteiger partial charge is 0.224 e. The van der Waals surface area contributed by atoms with E-state index >= 15 is 0 Å². The highest BCUT2D eigenvalue weighted by atomic mass is 79.9. The zero-order valence-corrected chi connectivity index (χ0v) is 15.7. The summed E-state index contributed by atoms with van der Waals surface area (Å²) in [5.74, 6) is 0.724. The maximum absolute atomic E-state index is 11.9. The van der Waals surface area contributed by atoms with Crippen LogP contribution in [0.3, 0.4) is 0 Å². The van der Waals surface area contributed by atoms with E-state index in [0.29, 0.717) is 18.2 Å². The molecular weight excluding hydrogens is 402 g/mol. The van der Waals surface area contributed by atoms with E-state index in [0.717, 1.165) is 41.0 Å². The van der Waals surface area contributed by atoms with Crippen LogP contribution in [-0.4, -0.2) is 42.2 Å². The summed E-state index contributed by atoms with van der Waals surface area (Å²) >= 11 is 7.91. The monoisotopic (exact) mass is 415 g/mol. The summed E-state index contributed by atoms with van der Waals surface area (Å²) in [6.45, 7) is 4.27. The number of nitrogens with zero attached hydrogens (tertiary/aromatic N) is 3. The maximum atomic E-state index is 11.9. The number of hydrogen-bond acceptors (Lipinski definition) is 5. The molecule has 0 N–H and O–H groups in total. The number of amidine groups is 1. The first-order chi connectivity index (χ1) is 10.6. The summed E-state index contributed by atoms with van der Waals surface area (Å²) in [5.41, 5.74) is 2.72. The van der Waals surface area contributed by atoms with Crippen molar-refractivity contribution in [2.24, 2.45) is 4.99 Å². The number of amides is 1. The number of benzene rings is 1. The van der Waals surface area contributed by atoms with E-state index in [1.165, 1.54) is 0 Å². The molecule has 0 fully saturated rings. The van der Waals surface area contributed by atoms with Gasteiger partial charge in [-0.25, -0.2) is 0 Å². The van der Waals surface area contributed by atoms with Crippen molar-refractivity contribution in [1.29, 1.82) is 0 Å². The number of aliphatic imine (C=N–C) groups is 1. The lowest BCUT2D eigenvalue weighted by Gasteiger charge is -2.31. The summed E-state index contributed by atoms with van der Waals surface area (Å²) in [6, 6.07) is 3.69. The fourth-order valence-electron chi connectivity index (χ4n) is 2.94. The summed E-state index contributed by atoms with van der Waals surface area (Å²) < 4.78 is 5.88. The molecule has 5 nitrogen and oxygen atoms in total. The van der Waals surface area contributed by atoms with Crippen LogP contribution in [-0.2, 0) is 4.79 Å². The number of ether oxygens (including phenoxy) is 1. The fraction of sp³-hybridized carbons (Fsp3) is 0.333. The van der Waals surface area contributed by atoms with E-state index in [1.807, 2.05) is 6.07 Å². The first kappa shape index (κ1) is 16.7. The molecule has 23 heavy (non-hydrogen) atoms. The third-order valence-electron chi connectivity index (χ3n) is 3.91. The molecular formula is C15H15BrClN3O2S. The van der Waals surface area contributed by atoms with Crippen LogP contribution in [0.2, 0.25) is 5.02 Å². The standard InChI is InChI=1S/C15H14ClN3O2S.BrH/c1-9(20)18-4-5-21-14-11(6-10(16)7-12(14)18)13-8-22-15-17-2-3-19(13)15;/h6-8H,2-5H2,1H3;1H. The van der Waals surface area contributed by atoms with Gasteiger partial charge < -0.3 is 14.5 Å². The molecule has 122 valence electrons. The molecule has 0 spiro atoms. The number of thioether (sulfide) groups is 1. The van der Waals surface area contributed by atoms with Crippen LogP contribution in [0.15, 0.2) is 22.5 Å². The van der Waals surface area contributed by atoms with Crippen molar-refractivity contribution in [2.45, 2.75) is 6.92 Å². The minimum Gasteiger partial charge on any atom is -0.489 e. The molecule has 0 radical (unpaired) electrons. The van der Waals surface area contributed by atoms with Crippen molar-refractivity contribution in [1.82, 2.24) is 4.90 Å². The molecule has 4 rings (SSSR count). The van der Waals surface area contributed by atoms with Crippen LogP contribution in [0.25, 0.3) is 5.70 Å². The molecule has 0 atom stereocenters. The van der Waals surface area contributed by atoms with Gasteiger partial charge in [0.25, 0.3) is 0 Å². The van der Waals surface area contributed by atoms with Gasteiger partial charge in [-0.15, -0.1) is 17.0 Å². The third kappa shape index (κ3) is 2.75. The molecule has 0 saturated heterocycles. The lowest BCUT2D eigenvalue weighted by molar-refractivity contribution is -0.116. The number of rotatable bonds is 1. The zero-order chi connectivity index (χ0) is 15.3. The summed E-state index contributed by atoms with van der Waals surface area (Å²) in [6.07, 6.45) is 0. The second-order valence-electron chi connectivity index (χ2n) is 5.26. The van der Waals surface area contributed by atoms with E-state index < -0.39 is 0 Å². The molecule has 1 amide bonds. The van der Waals surface area contributed by atoms with Gasteiger partial charge in [0, 0.05) is 29.5 Å². The minimum atomic E-state index is -0.00373. The Morgan fingerprint density at radius 1 is 1.39 bits per heavy atom. The highest BCUT2D eigenvalue weighted by Gasteiger charge is 2.32. The second kappa shape index (κ2) is 6.37.